The third-order valence-electron chi connectivity index (χ3n) is 6.25. The summed E-state index contributed by atoms with van der Waals surface area (Å²) < 4.78 is 32.5. The lowest BCUT2D eigenvalue weighted by Crippen LogP contribution is -2.52. The fourth-order valence-corrected chi connectivity index (χ4v) is 6.90. The first-order chi connectivity index (χ1) is 12.4. The first kappa shape index (κ1) is 16.7. The molecule has 2 aromatic heterocycles. The molecule has 7 nitrogen and oxygen atoms in total. The molecule has 0 unspecified atom stereocenters. The van der Waals surface area contributed by atoms with E-state index < -0.39 is 22.7 Å². The molecule has 1 aliphatic carbocycles. The maximum atomic E-state index is 12.4. The van der Waals surface area contributed by atoms with E-state index in [0.29, 0.717) is 19.5 Å². The van der Waals surface area contributed by atoms with E-state index in [-0.39, 0.29) is 11.2 Å². The van der Waals surface area contributed by atoms with Gasteiger partial charge in [-0.3, -0.25) is 0 Å². The van der Waals surface area contributed by atoms with E-state index in [2.05, 4.69) is 9.97 Å². The molecular formula is C17H22BN3O4S. The van der Waals surface area contributed by atoms with Crippen LogP contribution in [-0.2, 0) is 20.3 Å². The number of aromatic amines is 1. The van der Waals surface area contributed by atoms with Gasteiger partial charge in [-0.25, -0.2) is 17.7 Å². The highest BCUT2D eigenvalue weighted by Crippen LogP contribution is 2.62. The smallest absolute Gasteiger partial charge is 0.423 e. The Morgan fingerprint density at radius 1 is 1.46 bits per heavy atom. The summed E-state index contributed by atoms with van der Waals surface area (Å²) >= 11 is 0. The Kier molecular flexibility index (Phi) is 3.42. The van der Waals surface area contributed by atoms with Crippen LogP contribution < -0.4 is 5.46 Å². The molecule has 5 rings (SSSR count). The number of hydrogen-bond donors (Lipinski definition) is 2. The third-order valence-corrected chi connectivity index (χ3v) is 8.28. The molecule has 1 saturated heterocycles. The van der Waals surface area contributed by atoms with Gasteiger partial charge in [0.1, 0.15) is 5.65 Å². The van der Waals surface area contributed by atoms with Crippen LogP contribution in [0.5, 0.6) is 0 Å². The second-order valence-corrected chi connectivity index (χ2v) is 10.1. The number of fused-ring (bicyclic) bond motifs is 4. The highest BCUT2D eigenvalue weighted by molar-refractivity contribution is 7.89. The molecule has 138 valence electrons. The molecule has 2 fully saturated rings. The predicted octanol–water partition coefficient (Wildman–Crippen LogP) is 0.702. The van der Waals surface area contributed by atoms with E-state index in [1.165, 1.54) is 0 Å². The van der Waals surface area contributed by atoms with Crippen LogP contribution in [0.25, 0.3) is 11.0 Å². The summed E-state index contributed by atoms with van der Waals surface area (Å²) in [6.45, 7) is 3.04. The molecule has 3 aliphatic rings. The standard InChI is InChI=1S/C17H22BN3O4S/c1-2-7-26(23,24)21-6-4-16(11-21)9-17(10-16)14-12-3-5-19-15(12)20-8-13(14)18(22)25-17/h3,5,8,22H,2,4,6-7,9-11H2,1H3,(H,19,20). The molecule has 1 saturated carbocycles. The van der Waals surface area contributed by atoms with Gasteiger partial charge < -0.3 is 14.7 Å². The van der Waals surface area contributed by atoms with Gasteiger partial charge >= 0.3 is 7.12 Å². The number of aromatic nitrogens is 2. The number of sulfonamides is 1. The Morgan fingerprint density at radius 2 is 2.27 bits per heavy atom. The number of nitrogens with zero attached hydrogens (tertiary/aromatic N) is 2. The summed E-state index contributed by atoms with van der Waals surface area (Å²) in [7, 11) is -4.12. The molecule has 9 heteroatoms. The molecule has 2 aliphatic heterocycles. The summed E-state index contributed by atoms with van der Waals surface area (Å²) in [5, 5.41) is 11.4. The summed E-state index contributed by atoms with van der Waals surface area (Å²) in [6, 6.07) is 1.97. The van der Waals surface area contributed by atoms with Crippen LogP contribution in [0.15, 0.2) is 18.5 Å². The first-order valence-corrected chi connectivity index (χ1v) is 10.8. The van der Waals surface area contributed by atoms with Gasteiger partial charge in [0.05, 0.1) is 11.4 Å². The number of rotatable bonds is 3. The van der Waals surface area contributed by atoms with E-state index in [1.807, 2.05) is 19.2 Å². The maximum absolute atomic E-state index is 12.4. The summed E-state index contributed by atoms with van der Waals surface area (Å²) in [6.07, 6.45) is 6.51. The zero-order valence-electron chi connectivity index (χ0n) is 14.7. The molecule has 0 radical (unpaired) electrons. The fourth-order valence-electron chi connectivity index (χ4n) is 5.28. The molecule has 0 bridgehead atoms. The molecule has 0 atom stereocenters. The van der Waals surface area contributed by atoms with Crippen molar-refractivity contribution in [1.29, 1.82) is 0 Å². The third kappa shape index (κ3) is 2.17. The largest absolute Gasteiger partial charge is 0.493 e. The lowest BCUT2D eigenvalue weighted by molar-refractivity contribution is -0.108. The topological polar surface area (TPSA) is 95.5 Å². The summed E-state index contributed by atoms with van der Waals surface area (Å²) in [5.74, 6) is 0.210. The van der Waals surface area contributed by atoms with E-state index in [4.69, 9.17) is 4.65 Å². The van der Waals surface area contributed by atoms with E-state index >= 15 is 0 Å². The van der Waals surface area contributed by atoms with Gasteiger partial charge in [-0.1, -0.05) is 6.92 Å². The SMILES string of the molecule is CCCS(=O)(=O)N1CCC2(C1)CC1(C2)OB(O)c2cnc3[nH]ccc3c21. The van der Waals surface area contributed by atoms with E-state index in [9.17, 15) is 13.4 Å². The molecular weight excluding hydrogens is 353 g/mol. The molecule has 2 aromatic rings. The van der Waals surface area contributed by atoms with Crippen LogP contribution in [0.3, 0.4) is 0 Å². The van der Waals surface area contributed by atoms with Gasteiger partial charge in [-0.2, -0.15) is 0 Å². The highest BCUT2D eigenvalue weighted by Gasteiger charge is 2.64. The minimum absolute atomic E-state index is 0.0476. The van der Waals surface area contributed by atoms with Crippen molar-refractivity contribution in [3.63, 3.8) is 0 Å². The Bertz CT molecular complexity index is 983. The number of hydrogen-bond acceptors (Lipinski definition) is 5. The van der Waals surface area contributed by atoms with Gasteiger partial charge in [0.15, 0.2) is 0 Å². The van der Waals surface area contributed by atoms with Gasteiger partial charge in [-0.05, 0) is 42.7 Å². The van der Waals surface area contributed by atoms with E-state index in [0.717, 1.165) is 41.3 Å². The molecule has 26 heavy (non-hydrogen) atoms. The Morgan fingerprint density at radius 3 is 3.04 bits per heavy atom. The van der Waals surface area contributed by atoms with Gasteiger partial charge in [-0.15, -0.1) is 0 Å². The minimum atomic E-state index is -3.16. The van der Waals surface area contributed by atoms with Gasteiger partial charge in [0.2, 0.25) is 10.0 Å². The molecule has 0 amide bonds. The predicted molar refractivity (Wildman–Crippen MR) is 98.4 cm³/mol. The molecule has 0 aromatic carbocycles. The van der Waals surface area contributed by atoms with Crippen LogP contribution in [0, 0.1) is 5.41 Å². The average Bonchev–Trinajstić information content (AvgIpc) is 3.25. The second kappa shape index (κ2) is 5.31. The zero-order valence-corrected chi connectivity index (χ0v) is 15.6. The summed E-state index contributed by atoms with van der Waals surface area (Å²) in [5.41, 5.74) is 1.98. The fraction of sp³-hybridized carbons (Fsp3) is 0.588. The highest BCUT2D eigenvalue weighted by atomic mass is 32.2. The van der Waals surface area contributed by atoms with Crippen LogP contribution in [0.1, 0.15) is 38.2 Å². The Labute approximate surface area is 152 Å². The van der Waals surface area contributed by atoms with Crippen LogP contribution in [0.2, 0.25) is 0 Å². The second-order valence-electron chi connectivity index (χ2n) is 8.05. The molecule has 2 spiro atoms. The van der Waals surface area contributed by atoms with Crippen molar-refractivity contribution in [2.75, 3.05) is 18.8 Å². The number of pyridine rings is 1. The first-order valence-electron chi connectivity index (χ1n) is 9.18. The Hall–Kier alpha value is -1.42. The Balaban J connectivity index is 1.45. The van der Waals surface area contributed by atoms with Crippen molar-refractivity contribution in [2.24, 2.45) is 5.41 Å². The normalized spacial score (nSPS) is 31.2. The van der Waals surface area contributed by atoms with Gasteiger partial charge in [0.25, 0.3) is 0 Å². The van der Waals surface area contributed by atoms with Crippen LogP contribution in [0.4, 0.5) is 0 Å². The molecule has 2 N–H and O–H groups in total. The van der Waals surface area contributed by atoms with Crippen molar-refractivity contribution >= 4 is 33.6 Å². The number of H-pyrrole nitrogens is 1. The van der Waals surface area contributed by atoms with Crippen LogP contribution in [-0.4, -0.2) is 53.7 Å². The minimum Gasteiger partial charge on any atom is -0.423 e. The number of nitrogens with one attached hydrogen (secondary N) is 1. The van der Waals surface area contributed by atoms with Crippen LogP contribution >= 0.6 is 0 Å². The lowest BCUT2D eigenvalue weighted by atomic mass is 9.56. The van der Waals surface area contributed by atoms with Crippen molar-refractivity contribution in [3.8, 4) is 0 Å². The summed E-state index contributed by atoms with van der Waals surface area (Å²) in [4.78, 5) is 7.47. The zero-order chi connectivity index (χ0) is 18.2. The quantitative estimate of drug-likeness (QED) is 0.771. The van der Waals surface area contributed by atoms with Crippen molar-refractivity contribution in [3.05, 3.63) is 24.0 Å². The lowest BCUT2D eigenvalue weighted by Gasteiger charge is -2.53. The monoisotopic (exact) mass is 375 g/mol. The van der Waals surface area contributed by atoms with E-state index in [1.54, 1.807) is 10.5 Å². The maximum Gasteiger partial charge on any atom is 0.493 e. The molecule has 4 heterocycles. The van der Waals surface area contributed by atoms with Crippen molar-refractivity contribution in [2.45, 2.75) is 38.2 Å². The van der Waals surface area contributed by atoms with Gasteiger partial charge in [0, 0.05) is 36.3 Å². The van der Waals surface area contributed by atoms with Crippen molar-refractivity contribution in [1.82, 2.24) is 14.3 Å². The average molecular weight is 375 g/mol. The van der Waals surface area contributed by atoms with Crippen molar-refractivity contribution < 1.29 is 18.1 Å².